The Bertz CT molecular complexity index is 3950. The summed E-state index contributed by atoms with van der Waals surface area (Å²) in [5.74, 6) is 0.953. The Kier molecular flexibility index (Phi) is 19.6. The lowest BCUT2D eigenvalue weighted by Crippen LogP contribution is -2.06. The van der Waals surface area contributed by atoms with Crippen LogP contribution in [0.25, 0.3) is 67.6 Å². The number of H-pyrrole nitrogens is 1. The lowest BCUT2D eigenvalue weighted by Gasteiger charge is -2.11. The minimum absolute atomic E-state index is 0. The van der Waals surface area contributed by atoms with Crippen LogP contribution in [0.1, 0.15) is 108 Å². The molecule has 0 spiro atoms. The highest BCUT2D eigenvalue weighted by Crippen LogP contribution is 2.46. The van der Waals surface area contributed by atoms with Gasteiger partial charge < -0.3 is 23.7 Å². The summed E-state index contributed by atoms with van der Waals surface area (Å²) in [6, 6.07) is 8.16. The maximum absolute atomic E-state index is 15.2. The first-order valence-electron chi connectivity index (χ1n) is 24.8. The molecule has 8 aromatic heterocycles. The first-order chi connectivity index (χ1) is 38.8. The van der Waals surface area contributed by atoms with Crippen LogP contribution in [-0.4, -0.2) is 98.3 Å². The van der Waals surface area contributed by atoms with Crippen molar-refractivity contribution >= 4 is 53.9 Å². The van der Waals surface area contributed by atoms with Crippen molar-refractivity contribution in [2.24, 2.45) is 0 Å². The van der Waals surface area contributed by atoms with E-state index in [1.807, 2.05) is 0 Å². The molecule has 0 atom stereocenters. The number of aromatic amines is 1. The number of aliphatic hydroxyl groups is 1. The van der Waals surface area contributed by atoms with Crippen LogP contribution in [-0.2, 0) is 38.6 Å². The van der Waals surface area contributed by atoms with Crippen molar-refractivity contribution < 1.29 is 49.7 Å². The fourth-order valence-corrected chi connectivity index (χ4v) is 9.58. The van der Waals surface area contributed by atoms with Crippen LogP contribution in [0.15, 0.2) is 83.0 Å². The van der Waals surface area contributed by atoms with Gasteiger partial charge in [-0.05, 0) is 107 Å². The molecule has 2 aromatic carbocycles. The average molecular weight is 1300 g/mol. The first kappa shape index (κ1) is 63.7. The van der Waals surface area contributed by atoms with Gasteiger partial charge in [-0.15, -0.1) is 0 Å². The summed E-state index contributed by atoms with van der Waals surface area (Å²) < 4.78 is 123. The van der Waals surface area contributed by atoms with Gasteiger partial charge in [0.05, 0.1) is 60.7 Å². The standard InChI is InChI=1S/C26H21BrF4N8O.C13H11BrN6O.C13H12F4N2O.3CH4/c1-3-38-11-18(26(29,30)31)35-23(38)15-7-4-13(8-17(15)28)10-39-24-16(21(27)37-39)9-32-22(36-24)19-20(14-5-6-14)33-12-34-25(19)40-2;1-21-13-8(9(6-2-3-6)16-5-17-13)12-15-4-7-10(14)19-20-11(7)18-12;1-2-19-6-11(13(15,16)17)18-12(19)9-4-3-8(7-20)5-10(9)14;;;/h4,7-9,11-12,14H,3,5-6,10H2,1-2H3;4-6H,2-3H2,1H3,(H,15,18,19,20);3-6,20H,2,7H2,1H3;3*1H4. The number of aliphatic hydroxyl groups excluding tert-OH is 1. The molecule has 2 aliphatic carbocycles. The molecule has 12 rings (SSSR count). The average Bonchev–Trinajstić information content (AvgIpc) is 3.98. The van der Waals surface area contributed by atoms with Gasteiger partial charge in [0.15, 0.2) is 34.3 Å². The minimum Gasteiger partial charge on any atom is -0.480 e. The Hall–Kier alpha value is -7.92. The van der Waals surface area contributed by atoms with Crippen LogP contribution in [0, 0.1) is 11.6 Å². The molecular weight excluding hydrogens is 1240 g/mol. The topological polar surface area (TPSA) is 224 Å². The summed E-state index contributed by atoms with van der Waals surface area (Å²) in [6.45, 7) is 3.55. The first-order valence-corrected chi connectivity index (χ1v) is 26.4. The number of methoxy groups -OCH3 is 2. The van der Waals surface area contributed by atoms with Gasteiger partial charge in [-0.1, -0.05) is 34.4 Å². The molecule has 8 heterocycles. The van der Waals surface area contributed by atoms with Gasteiger partial charge in [0.25, 0.3) is 0 Å². The van der Waals surface area contributed by atoms with Gasteiger partial charge in [-0.3, -0.25) is 5.10 Å². The number of hydrogen-bond acceptors (Lipinski definition) is 15. The van der Waals surface area contributed by atoms with Crippen molar-refractivity contribution in [3.8, 4) is 57.3 Å². The number of ether oxygens (including phenoxy) is 2. The monoisotopic (exact) mass is 1300 g/mol. The van der Waals surface area contributed by atoms with Gasteiger partial charge in [-0.2, -0.15) is 36.5 Å². The zero-order valence-electron chi connectivity index (χ0n) is 43.0. The van der Waals surface area contributed by atoms with E-state index in [2.05, 4.69) is 92.0 Å². The van der Waals surface area contributed by atoms with Crippen LogP contribution in [0.2, 0.25) is 0 Å². The van der Waals surface area contributed by atoms with E-state index in [1.165, 1.54) is 53.2 Å². The molecule has 444 valence electrons. The molecule has 2 saturated carbocycles. The second kappa shape index (κ2) is 25.9. The van der Waals surface area contributed by atoms with Crippen LogP contribution in [0.3, 0.4) is 0 Å². The molecule has 0 amide bonds. The number of imidazole rings is 2. The van der Waals surface area contributed by atoms with Gasteiger partial charge in [0, 0.05) is 49.7 Å². The number of halogens is 10. The molecule has 2 fully saturated rings. The maximum Gasteiger partial charge on any atom is 0.434 e. The van der Waals surface area contributed by atoms with Crippen molar-refractivity contribution in [2.45, 2.75) is 112 Å². The Balaban J connectivity index is 0.000000195. The van der Waals surface area contributed by atoms with Crippen molar-refractivity contribution in [3.63, 3.8) is 0 Å². The summed E-state index contributed by atoms with van der Waals surface area (Å²) in [6.07, 6.45) is 3.18. The number of hydrogen-bond donors (Lipinski definition) is 2. The van der Waals surface area contributed by atoms with Crippen molar-refractivity contribution in [2.75, 3.05) is 14.2 Å². The number of rotatable bonds is 13. The zero-order valence-corrected chi connectivity index (χ0v) is 46.2. The number of aryl methyl sites for hydroxylation is 2. The molecule has 29 heteroatoms. The van der Waals surface area contributed by atoms with Crippen LogP contribution in [0.5, 0.6) is 11.8 Å². The zero-order chi connectivity index (χ0) is 57.5. The predicted octanol–water partition coefficient (Wildman–Crippen LogP) is 13.6. The van der Waals surface area contributed by atoms with Crippen molar-refractivity contribution in [1.29, 1.82) is 0 Å². The Morgan fingerprint density at radius 1 is 0.643 bits per heavy atom. The van der Waals surface area contributed by atoms with Crippen molar-refractivity contribution in [1.82, 2.24) is 79.0 Å². The minimum atomic E-state index is -4.63. The van der Waals surface area contributed by atoms with E-state index in [4.69, 9.17) is 19.6 Å². The molecule has 0 aliphatic heterocycles. The van der Waals surface area contributed by atoms with E-state index in [-0.39, 0.29) is 71.3 Å². The third-order valence-corrected chi connectivity index (χ3v) is 14.2. The third kappa shape index (κ3) is 13.2. The lowest BCUT2D eigenvalue weighted by atomic mass is 10.1. The number of nitrogens with one attached hydrogen (secondary N) is 1. The summed E-state index contributed by atoms with van der Waals surface area (Å²) >= 11 is 6.82. The van der Waals surface area contributed by atoms with E-state index >= 15 is 4.39 Å². The summed E-state index contributed by atoms with van der Waals surface area (Å²) in [7, 11) is 3.11. The number of fused-ring (bicyclic) bond motifs is 2. The highest BCUT2D eigenvalue weighted by Gasteiger charge is 2.37. The van der Waals surface area contributed by atoms with Crippen LogP contribution < -0.4 is 9.47 Å². The third-order valence-electron chi connectivity index (χ3n) is 13.0. The van der Waals surface area contributed by atoms with E-state index in [0.717, 1.165) is 71.1 Å². The summed E-state index contributed by atoms with van der Waals surface area (Å²) in [4.78, 5) is 42.6. The number of benzene rings is 2. The Labute approximate surface area is 492 Å². The second-order valence-electron chi connectivity index (χ2n) is 18.4. The molecular formula is C55H56Br2F8N16O3. The normalized spacial score (nSPS) is 13.0. The lowest BCUT2D eigenvalue weighted by molar-refractivity contribution is -0.141. The number of aromatic nitrogens is 16. The quantitative estimate of drug-likeness (QED) is 0.102. The molecule has 10 aromatic rings. The van der Waals surface area contributed by atoms with Crippen LogP contribution in [0.4, 0.5) is 35.1 Å². The van der Waals surface area contributed by atoms with E-state index < -0.39 is 35.4 Å². The highest BCUT2D eigenvalue weighted by molar-refractivity contribution is 9.10. The molecule has 0 unspecified atom stereocenters. The highest BCUT2D eigenvalue weighted by atomic mass is 79.9. The van der Waals surface area contributed by atoms with Crippen LogP contribution >= 0.6 is 31.9 Å². The van der Waals surface area contributed by atoms with Gasteiger partial charge in [-0.25, -0.2) is 63.3 Å². The smallest absolute Gasteiger partial charge is 0.434 e. The molecule has 2 aliphatic rings. The molecule has 84 heavy (non-hydrogen) atoms. The van der Waals surface area contributed by atoms with E-state index in [0.29, 0.717) is 73.2 Å². The molecule has 0 radical (unpaired) electrons. The summed E-state index contributed by atoms with van der Waals surface area (Å²) in [5.41, 5.74) is 2.96. The van der Waals surface area contributed by atoms with Gasteiger partial charge >= 0.3 is 12.4 Å². The second-order valence-corrected chi connectivity index (χ2v) is 20.0. The molecule has 19 nitrogen and oxygen atoms in total. The largest absolute Gasteiger partial charge is 0.480 e. The number of nitrogens with zero attached hydrogens (tertiary/aromatic N) is 15. The van der Waals surface area contributed by atoms with E-state index in [9.17, 15) is 30.7 Å². The fourth-order valence-electron chi connectivity index (χ4n) is 8.74. The fraction of sp³-hybridized carbons (Fsp3) is 0.345. The SMILES string of the molecule is C.C.C.CCn1cc(C(F)(F)F)nc1-c1ccc(CO)cc1F.CCn1cc(C(F)(F)F)nc1-c1ccc(Cn2nc(Br)c3cnc(-c4c(OC)ncnc4C4CC4)nc32)cc1F.COc1ncnc(C2CC2)c1-c1ncc2c(Br)[nH]nc2n1. The molecule has 2 N–H and O–H groups in total. The number of alkyl halides is 6. The molecule has 0 saturated heterocycles. The van der Waals surface area contributed by atoms with Gasteiger partial charge in [0.2, 0.25) is 11.8 Å². The maximum atomic E-state index is 15.2. The Morgan fingerprint density at radius 2 is 1.12 bits per heavy atom. The van der Waals surface area contributed by atoms with E-state index in [1.54, 1.807) is 44.1 Å². The van der Waals surface area contributed by atoms with Gasteiger partial charge in [0.1, 0.15) is 56.3 Å². The Morgan fingerprint density at radius 3 is 1.57 bits per heavy atom. The predicted molar refractivity (Wildman–Crippen MR) is 303 cm³/mol. The van der Waals surface area contributed by atoms with Crippen molar-refractivity contribution in [3.05, 3.63) is 129 Å². The molecule has 0 bridgehead atoms. The summed E-state index contributed by atoms with van der Waals surface area (Å²) in [5, 5.41) is 21.9.